The first-order valence-corrected chi connectivity index (χ1v) is 6.20. The molecule has 0 atom stereocenters. The monoisotopic (exact) mass is 274 g/mol. The maximum atomic E-state index is 11.8. The summed E-state index contributed by atoms with van der Waals surface area (Å²) in [6, 6.07) is 6.19. The van der Waals surface area contributed by atoms with E-state index in [2.05, 4.69) is 0 Å². The maximum absolute atomic E-state index is 11.8. The molecule has 0 aliphatic carbocycles. The lowest BCUT2D eigenvalue weighted by molar-refractivity contribution is -0.385. The predicted octanol–water partition coefficient (Wildman–Crippen LogP) is 1.13. The molecule has 1 amide bonds. The van der Waals surface area contributed by atoms with E-state index >= 15 is 0 Å². The Labute approximate surface area is 116 Å². The average Bonchev–Trinajstić information content (AvgIpc) is 2.60. The van der Waals surface area contributed by atoms with Crippen molar-refractivity contribution in [2.45, 2.75) is 6.42 Å². The topological polar surface area (TPSA) is 90.5 Å². The summed E-state index contributed by atoms with van der Waals surface area (Å²) in [5.74, 6) is -0.000592. The number of nitro groups is 1. The highest BCUT2D eigenvalue weighted by Gasteiger charge is 2.21. The average molecular weight is 274 g/mol. The van der Waals surface area contributed by atoms with Crippen LogP contribution in [0.5, 0.6) is 0 Å². The van der Waals surface area contributed by atoms with Gasteiger partial charge in [0.2, 0.25) is 5.91 Å². The highest BCUT2D eigenvalue weighted by molar-refractivity contribution is 5.82. The second-order valence-corrected chi connectivity index (χ2v) is 4.66. The molecule has 0 aromatic heterocycles. The van der Waals surface area contributed by atoms with Crippen LogP contribution in [0.4, 0.5) is 11.4 Å². The van der Waals surface area contributed by atoms with E-state index < -0.39 is 4.92 Å². The molecule has 20 heavy (non-hydrogen) atoms. The Hall–Kier alpha value is -2.62. The van der Waals surface area contributed by atoms with Crippen LogP contribution in [0.3, 0.4) is 0 Å². The predicted molar refractivity (Wildman–Crippen MR) is 72.3 cm³/mol. The third kappa shape index (κ3) is 2.69. The molecular formula is C13H14N4O3. The van der Waals surface area contributed by atoms with E-state index in [-0.39, 0.29) is 23.7 Å². The zero-order valence-electron chi connectivity index (χ0n) is 11.1. The van der Waals surface area contributed by atoms with Crippen molar-refractivity contribution in [1.82, 2.24) is 4.90 Å². The lowest BCUT2D eigenvalue weighted by atomic mass is 10.1. The van der Waals surface area contributed by atoms with E-state index in [4.69, 9.17) is 5.26 Å². The van der Waals surface area contributed by atoms with Gasteiger partial charge in [-0.1, -0.05) is 0 Å². The van der Waals surface area contributed by atoms with Gasteiger partial charge in [0.25, 0.3) is 5.69 Å². The van der Waals surface area contributed by atoms with Gasteiger partial charge in [0, 0.05) is 31.9 Å². The molecule has 0 spiro atoms. The van der Waals surface area contributed by atoms with Crippen LogP contribution in [0.1, 0.15) is 12.0 Å². The van der Waals surface area contributed by atoms with Crippen molar-refractivity contribution in [2.75, 3.05) is 31.6 Å². The summed E-state index contributed by atoms with van der Waals surface area (Å²) >= 11 is 0. The molecule has 7 nitrogen and oxygen atoms in total. The Balaban J connectivity index is 2.31. The van der Waals surface area contributed by atoms with Gasteiger partial charge < -0.3 is 9.80 Å². The van der Waals surface area contributed by atoms with Crippen LogP contribution in [0, 0.1) is 21.4 Å². The second kappa shape index (κ2) is 5.57. The molecule has 1 aliphatic heterocycles. The number of hydrogen-bond acceptors (Lipinski definition) is 5. The van der Waals surface area contributed by atoms with E-state index in [9.17, 15) is 14.9 Å². The zero-order valence-corrected chi connectivity index (χ0v) is 11.1. The van der Waals surface area contributed by atoms with Gasteiger partial charge in [0.05, 0.1) is 11.5 Å². The fourth-order valence-electron chi connectivity index (χ4n) is 2.18. The lowest BCUT2D eigenvalue weighted by Crippen LogP contribution is -2.34. The summed E-state index contributed by atoms with van der Waals surface area (Å²) in [5, 5.41) is 19.8. The number of carbonyl (C=O) groups excluding carboxylic acids is 1. The normalized spacial score (nSPS) is 15.7. The summed E-state index contributed by atoms with van der Waals surface area (Å²) < 4.78 is 0. The number of hydrogen-bond donors (Lipinski definition) is 0. The molecule has 1 aromatic carbocycles. The van der Waals surface area contributed by atoms with Gasteiger partial charge in [-0.2, -0.15) is 5.26 Å². The molecule has 1 heterocycles. The number of rotatable bonds is 2. The standard InChI is InChI=1S/C13H14N4O3/c1-15-5-2-6-16(9-13(15)18)11-3-4-12(17(19)20)10(7-11)8-14/h3-4,7H,2,5-6,9H2,1H3. The van der Waals surface area contributed by atoms with Crippen LogP contribution in [0.2, 0.25) is 0 Å². The number of nitrogens with zero attached hydrogens (tertiary/aromatic N) is 4. The molecule has 1 saturated heterocycles. The minimum absolute atomic E-state index is 0.000592. The van der Waals surface area contributed by atoms with E-state index in [1.54, 1.807) is 18.0 Å². The van der Waals surface area contributed by atoms with Crippen molar-refractivity contribution < 1.29 is 9.72 Å². The van der Waals surface area contributed by atoms with E-state index in [1.165, 1.54) is 12.1 Å². The molecule has 1 aliphatic rings. The number of carbonyl (C=O) groups is 1. The van der Waals surface area contributed by atoms with Crippen molar-refractivity contribution in [3.63, 3.8) is 0 Å². The van der Waals surface area contributed by atoms with Crippen LogP contribution >= 0.6 is 0 Å². The van der Waals surface area contributed by atoms with Crippen molar-refractivity contribution in [3.05, 3.63) is 33.9 Å². The molecule has 104 valence electrons. The molecule has 0 N–H and O–H groups in total. The summed E-state index contributed by atoms with van der Waals surface area (Å²) in [6.45, 7) is 1.59. The SMILES string of the molecule is CN1CCCN(c2ccc([N+](=O)[O-])c(C#N)c2)CC1=O. The van der Waals surface area contributed by atoms with Crippen LogP contribution < -0.4 is 4.90 Å². The first-order valence-electron chi connectivity index (χ1n) is 6.20. The van der Waals surface area contributed by atoms with Gasteiger partial charge >= 0.3 is 0 Å². The quantitative estimate of drug-likeness (QED) is 0.595. The van der Waals surface area contributed by atoms with Crippen molar-refractivity contribution in [1.29, 1.82) is 5.26 Å². The first kappa shape index (κ1) is 13.8. The maximum Gasteiger partial charge on any atom is 0.287 e. The van der Waals surface area contributed by atoms with Crippen LogP contribution in [0.25, 0.3) is 0 Å². The molecule has 1 fully saturated rings. The summed E-state index contributed by atoms with van der Waals surface area (Å²) in [6.07, 6.45) is 0.821. The van der Waals surface area contributed by atoms with Crippen molar-refractivity contribution in [3.8, 4) is 6.07 Å². The Kier molecular flexibility index (Phi) is 3.84. The van der Waals surface area contributed by atoms with Crippen LogP contribution in [-0.4, -0.2) is 42.4 Å². The van der Waals surface area contributed by atoms with Gasteiger partial charge in [-0.05, 0) is 18.6 Å². The van der Waals surface area contributed by atoms with Gasteiger partial charge in [-0.15, -0.1) is 0 Å². The highest BCUT2D eigenvalue weighted by atomic mass is 16.6. The van der Waals surface area contributed by atoms with Gasteiger partial charge in [-0.3, -0.25) is 14.9 Å². The van der Waals surface area contributed by atoms with Crippen molar-refractivity contribution in [2.24, 2.45) is 0 Å². The molecule has 1 aromatic rings. The molecule has 0 bridgehead atoms. The summed E-state index contributed by atoms with van der Waals surface area (Å²) in [7, 11) is 1.75. The Morgan fingerprint density at radius 3 is 2.80 bits per heavy atom. The first-order chi connectivity index (χ1) is 9.52. The number of likely N-dealkylation sites (N-methyl/N-ethyl adjacent to an activating group) is 1. The molecule has 2 rings (SSSR count). The number of benzene rings is 1. The molecule has 0 saturated carbocycles. The number of anilines is 1. The fourth-order valence-corrected chi connectivity index (χ4v) is 2.18. The molecular weight excluding hydrogens is 260 g/mol. The second-order valence-electron chi connectivity index (χ2n) is 4.66. The third-order valence-corrected chi connectivity index (χ3v) is 3.34. The van der Waals surface area contributed by atoms with Crippen LogP contribution in [0.15, 0.2) is 18.2 Å². The molecule has 0 radical (unpaired) electrons. The van der Waals surface area contributed by atoms with E-state index in [0.717, 1.165) is 6.42 Å². The van der Waals surface area contributed by atoms with Gasteiger partial charge in [0.1, 0.15) is 11.6 Å². The lowest BCUT2D eigenvalue weighted by Gasteiger charge is -2.21. The van der Waals surface area contributed by atoms with E-state index in [0.29, 0.717) is 18.8 Å². The molecule has 7 heteroatoms. The van der Waals surface area contributed by atoms with E-state index in [1.807, 2.05) is 11.0 Å². The Morgan fingerprint density at radius 1 is 1.40 bits per heavy atom. The minimum atomic E-state index is -0.580. The van der Waals surface area contributed by atoms with Crippen molar-refractivity contribution >= 4 is 17.3 Å². The smallest absolute Gasteiger partial charge is 0.287 e. The van der Waals surface area contributed by atoms with Gasteiger partial charge in [0.15, 0.2) is 0 Å². The Morgan fingerprint density at radius 2 is 2.15 bits per heavy atom. The van der Waals surface area contributed by atoms with Gasteiger partial charge in [-0.25, -0.2) is 0 Å². The molecule has 0 unspecified atom stereocenters. The third-order valence-electron chi connectivity index (χ3n) is 3.34. The number of nitro benzene ring substituents is 1. The fraction of sp³-hybridized carbons (Fsp3) is 0.385. The zero-order chi connectivity index (χ0) is 14.7. The summed E-state index contributed by atoms with van der Waals surface area (Å²) in [4.78, 5) is 25.6. The number of nitriles is 1. The van der Waals surface area contributed by atoms with Crippen LogP contribution in [-0.2, 0) is 4.79 Å². The largest absolute Gasteiger partial charge is 0.362 e. The number of amides is 1. The summed E-state index contributed by atoms with van der Waals surface area (Å²) in [5.41, 5.74) is 0.461. The highest BCUT2D eigenvalue weighted by Crippen LogP contribution is 2.25. The Bertz CT molecular complexity index is 594. The minimum Gasteiger partial charge on any atom is -0.362 e.